The molecular formula is C34H37B2ClFN5O2. The molecule has 1 aliphatic rings. The highest BCUT2D eigenvalue weighted by Gasteiger charge is 2.34. The number of halogens is 2. The van der Waals surface area contributed by atoms with Crippen molar-refractivity contribution in [2.24, 2.45) is 0 Å². The van der Waals surface area contributed by atoms with Crippen LogP contribution < -0.4 is 10.6 Å². The third-order valence-electron chi connectivity index (χ3n) is 8.29. The van der Waals surface area contributed by atoms with E-state index in [0.717, 1.165) is 16.6 Å². The van der Waals surface area contributed by atoms with E-state index in [-0.39, 0.29) is 23.9 Å². The predicted octanol–water partition coefficient (Wildman–Crippen LogP) is 4.85. The van der Waals surface area contributed by atoms with Crippen molar-refractivity contribution in [2.75, 3.05) is 18.0 Å². The van der Waals surface area contributed by atoms with Crippen molar-refractivity contribution in [3.8, 4) is 16.8 Å². The third-order valence-corrected chi connectivity index (χ3v) is 8.61. The first-order valence-electron chi connectivity index (χ1n) is 15.2. The van der Waals surface area contributed by atoms with Crippen LogP contribution in [0.5, 0.6) is 0 Å². The van der Waals surface area contributed by atoms with Crippen molar-refractivity contribution < 1.29 is 9.18 Å². The molecule has 0 aliphatic carbocycles. The van der Waals surface area contributed by atoms with E-state index in [1.54, 1.807) is 33.9 Å². The molecule has 1 aliphatic heterocycles. The number of anilines is 1. The highest BCUT2D eigenvalue weighted by molar-refractivity contribution is 6.50. The Kier molecular flexibility index (Phi) is 9.08. The van der Waals surface area contributed by atoms with Gasteiger partial charge in [0.05, 0.1) is 16.9 Å². The summed E-state index contributed by atoms with van der Waals surface area (Å²) in [6, 6.07) is 10.1. The monoisotopic (exact) mass is 623 g/mol. The SMILES string of the molecule is BC(B)=Cc1cccc(F)c1-c1cc2c(cc1Cl)c(N1[C@@H](C)CN(C(=O)C=C)C[C@@H]1C)nc(=O)n2-c1c(C)ccnc1C(C)C. The number of rotatable bonds is 6. The minimum absolute atomic E-state index is 0.0136. The van der Waals surface area contributed by atoms with Gasteiger partial charge in [0.25, 0.3) is 0 Å². The average molecular weight is 624 g/mol. The summed E-state index contributed by atoms with van der Waals surface area (Å²) in [5, 5.41) is 1.98. The number of benzene rings is 2. The number of carbonyl (C=O) groups is 1. The number of carbonyl (C=O) groups excluding carboxylic acids is 1. The second-order valence-corrected chi connectivity index (χ2v) is 12.8. The fourth-order valence-electron chi connectivity index (χ4n) is 6.42. The molecule has 11 heteroatoms. The van der Waals surface area contributed by atoms with Gasteiger partial charge in [-0.1, -0.05) is 50.2 Å². The molecule has 0 unspecified atom stereocenters. The zero-order valence-electron chi connectivity index (χ0n) is 26.9. The van der Waals surface area contributed by atoms with Crippen LogP contribution in [-0.4, -0.2) is 66.2 Å². The normalized spacial score (nSPS) is 16.7. The molecule has 3 heterocycles. The number of fused-ring (bicyclic) bond motifs is 1. The summed E-state index contributed by atoms with van der Waals surface area (Å²) >= 11 is 7.04. The van der Waals surface area contributed by atoms with E-state index >= 15 is 4.39 Å². The molecule has 0 radical (unpaired) electrons. The molecule has 5 rings (SSSR count). The second-order valence-electron chi connectivity index (χ2n) is 12.4. The van der Waals surface area contributed by atoms with Crippen LogP contribution in [0.25, 0.3) is 33.8 Å². The standard InChI is InChI=1S/C34H37B2ClFN5O2/c1-7-29(44)41-16-20(5)42(21(6)17-41)33-24-14-25(37)23(30-22(13-28(35)36)9-8-10-26(30)38)15-27(24)43(34(45)40-33)32-19(4)11-12-39-31(32)18(2)3/h7-15,18,20-21H,1,16-17,35-36H2,2-6H3/t20-,21-/m0/s1. The van der Waals surface area contributed by atoms with Gasteiger partial charge in [-0.3, -0.25) is 14.3 Å². The van der Waals surface area contributed by atoms with Gasteiger partial charge in [0.2, 0.25) is 5.91 Å². The molecule has 1 saturated heterocycles. The first kappa shape index (κ1) is 32.2. The molecule has 2 aromatic carbocycles. The van der Waals surface area contributed by atoms with Gasteiger partial charge in [0, 0.05) is 52.9 Å². The lowest BCUT2D eigenvalue weighted by molar-refractivity contribution is -0.127. The lowest BCUT2D eigenvalue weighted by Gasteiger charge is -2.45. The van der Waals surface area contributed by atoms with E-state index in [1.165, 1.54) is 12.1 Å². The molecule has 1 amide bonds. The maximum absolute atomic E-state index is 15.7. The van der Waals surface area contributed by atoms with Crippen molar-refractivity contribution >= 4 is 56.0 Å². The Balaban J connectivity index is 1.88. The predicted molar refractivity (Wildman–Crippen MR) is 188 cm³/mol. The van der Waals surface area contributed by atoms with Gasteiger partial charge in [0.1, 0.15) is 27.3 Å². The molecule has 45 heavy (non-hydrogen) atoms. The molecule has 0 bridgehead atoms. The Hall–Kier alpha value is -4.17. The van der Waals surface area contributed by atoms with Gasteiger partial charge in [-0.05, 0) is 68.2 Å². The van der Waals surface area contributed by atoms with E-state index in [9.17, 15) is 9.59 Å². The van der Waals surface area contributed by atoms with Crippen molar-refractivity contribution in [3.63, 3.8) is 0 Å². The molecule has 0 spiro atoms. The summed E-state index contributed by atoms with van der Waals surface area (Å²) in [4.78, 5) is 39.9. The third kappa shape index (κ3) is 5.96. The molecule has 2 aromatic heterocycles. The molecule has 0 N–H and O–H groups in total. The van der Waals surface area contributed by atoms with Gasteiger partial charge in [-0.2, -0.15) is 4.98 Å². The van der Waals surface area contributed by atoms with Crippen molar-refractivity contribution in [1.29, 1.82) is 0 Å². The number of hydrogen-bond donors (Lipinski definition) is 0. The summed E-state index contributed by atoms with van der Waals surface area (Å²) in [6.07, 6.45) is 4.98. The number of piperazine rings is 1. The molecule has 1 fully saturated rings. The van der Waals surface area contributed by atoms with Gasteiger partial charge in [0.15, 0.2) is 0 Å². The Bertz CT molecular complexity index is 1910. The Labute approximate surface area is 270 Å². The lowest BCUT2D eigenvalue weighted by Crippen LogP contribution is -2.58. The topological polar surface area (TPSA) is 71.3 Å². The van der Waals surface area contributed by atoms with E-state index in [1.807, 2.05) is 68.5 Å². The van der Waals surface area contributed by atoms with Crippen LogP contribution in [0.4, 0.5) is 10.2 Å². The summed E-state index contributed by atoms with van der Waals surface area (Å²) < 4.78 is 17.3. The highest BCUT2D eigenvalue weighted by Crippen LogP contribution is 2.40. The average Bonchev–Trinajstić information content (AvgIpc) is 2.97. The van der Waals surface area contributed by atoms with Crippen molar-refractivity contribution in [1.82, 2.24) is 19.4 Å². The van der Waals surface area contributed by atoms with Gasteiger partial charge in [-0.25, -0.2) is 9.18 Å². The molecule has 4 aromatic rings. The van der Waals surface area contributed by atoms with Gasteiger partial charge in [-0.15, -0.1) is 5.37 Å². The maximum Gasteiger partial charge on any atom is 0.354 e. The minimum Gasteiger partial charge on any atom is -0.347 e. The summed E-state index contributed by atoms with van der Waals surface area (Å²) in [5.74, 6) is -0.0737. The van der Waals surface area contributed by atoms with Crippen molar-refractivity contribution in [2.45, 2.75) is 52.6 Å². The van der Waals surface area contributed by atoms with Crippen LogP contribution in [0.2, 0.25) is 5.02 Å². The van der Waals surface area contributed by atoms with Crippen LogP contribution in [0.3, 0.4) is 0 Å². The molecule has 0 saturated carbocycles. The van der Waals surface area contributed by atoms with Crippen LogP contribution in [0.1, 0.15) is 50.4 Å². The van der Waals surface area contributed by atoms with Gasteiger partial charge < -0.3 is 9.80 Å². The van der Waals surface area contributed by atoms with E-state index in [4.69, 9.17) is 16.6 Å². The number of hydrogen-bond acceptors (Lipinski definition) is 5. The maximum atomic E-state index is 15.7. The quantitative estimate of drug-likeness (QED) is 0.227. The zero-order valence-corrected chi connectivity index (χ0v) is 27.6. The largest absolute Gasteiger partial charge is 0.354 e. The van der Waals surface area contributed by atoms with E-state index in [2.05, 4.69) is 16.5 Å². The lowest BCUT2D eigenvalue weighted by atomic mass is 9.77. The number of pyridine rings is 1. The zero-order chi connectivity index (χ0) is 32.7. The van der Waals surface area contributed by atoms with E-state index < -0.39 is 11.5 Å². The number of nitrogens with zero attached hydrogens (tertiary/aromatic N) is 5. The first-order valence-corrected chi connectivity index (χ1v) is 15.6. The van der Waals surface area contributed by atoms with E-state index in [0.29, 0.717) is 57.2 Å². The molecule has 7 nitrogen and oxygen atoms in total. The summed E-state index contributed by atoms with van der Waals surface area (Å²) in [5.41, 5.74) is 3.82. The molecule has 230 valence electrons. The summed E-state index contributed by atoms with van der Waals surface area (Å²) in [6.45, 7) is 14.5. The smallest absolute Gasteiger partial charge is 0.347 e. The number of amides is 1. The van der Waals surface area contributed by atoms with Gasteiger partial charge >= 0.3 is 5.69 Å². The van der Waals surface area contributed by atoms with Crippen LogP contribution >= 0.6 is 11.6 Å². The fourth-order valence-corrected chi connectivity index (χ4v) is 6.68. The molecular weight excluding hydrogens is 586 g/mol. The molecule has 2 atom stereocenters. The summed E-state index contributed by atoms with van der Waals surface area (Å²) in [7, 11) is 3.91. The second kappa shape index (κ2) is 12.7. The first-order chi connectivity index (χ1) is 21.3. The highest BCUT2D eigenvalue weighted by atomic mass is 35.5. The Morgan fingerprint density at radius 2 is 1.84 bits per heavy atom. The number of aryl methyl sites for hydroxylation is 1. The van der Waals surface area contributed by atoms with Crippen LogP contribution in [-0.2, 0) is 4.79 Å². The van der Waals surface area contributed by atoms with Crippen LogP contribution in [0.15, 0.2) is 65.4 Å². The minimum atomic E-state index is -0.481. The van der Waals surface area contributed by atoms with Crippen LogP contribution in [0, 0.1) is 12.7 Å². The number of aromatic nitrogens is 3. The Morgan fingerprint density at radius 1 is 1.16 bits per heavy atom. The van der Waals surface area contributed by atoms with Crippen molar-refractivity contribution in [3.05, 3.63) is 98.8 Å². The Morgan fingerprint density at radius 3 is 2.47 bits per heavy atom. The fraction of sp³-hybridized carbons (Fsp3) is 0.294.